The molecule has 0 saturated heterocycles. The van der Waals surface area contributed by atoms with Crippen LogP contribution in [0.1, 0.15) is 26.2 Å². The Morgan fingerprint density at radius 1 is 1.56 bits per heavy atom. The molecule has 1 atom stereocenters. The number of alkyl halides is 1. The molecule has 0 bridgehead atoms. The van der Waals surface area contributed by atoms with Gasteiger partial charge in [0, 0.05) is 0 Å². The van der Waals surface area contributed by atoms with E-state index in [1.54, 1.807) is 0 Å². The van der Waals surface area contributed by atoms with Gasteiger partial charge < -0.3 is 0 Å². The standard InChI is InChI=1S/C7H10F2/c1-5-6(8)3-2-4-7(5)9/h6H,2-4H2,1H3. The summed E-state index contributed by atoms with van der Waals surface area (Å²) in [4.78, 5) is 0. The first kappa shape index (κ1) is 6.72. The summed E-state index contributed by atoms with van der Waals surface area (Å²) in [5, 5.41) is 0. The molecule has 0 aromatic carbocycles. The highest BCUT2D eigenvalue weighted by Gasteiger charge is 2.18. The monoisotopic (exact) mass is 132 g/mol. The molecule has 0 spiro atoms. The SMILES string of the molecule is CC1=C(F)CCCC1F. The van der Waals surface area contributed by atoms with Gasteiger partial charge in [-0.25, -0.2) is 8.78 Å². The molecule has 9 heavy (non-hydrogen) atoms. The molecular weight excluding hydrogens is 122 g/mol. The fraction of sp³-hybridized carbons (Fsp3) is 0.714. The van der Waals surface area contributed by atoms with E-state index in [4.69, 9.17) is 0 Å². The van der Waals surface area contributed by atoms with Crippen LogP contribution in [0, 0.1) is 0 Å². The Morgan fingerprint density at radius 3 is 2.67 bits per heavy atom. The zero-order valence-corrected chi connectivity index (χ0v) is 5.45. The first-order chi connectivity index (χ1) is 4.22. The second-order valence-electron chi connectivity index (χ2n) is 2.45. The summed E-state index contributed by atoms with van der Waals surface area (Å²) >= 11 is 0. The van der Waals surface area contributed by atoms with Gasteiger partial charge in [0.1, 0.15) is 12.0 Å². The van der Waals surface area contributed by atoms with E-state index < -0.39 is 6.17 Å². The molecule has 2 heteroatoms. The van der Waals surface area contributed by atoms with Gasteiger partial charge in [-0.05, 0) is 31.8 Å². The highest BCUT2D eigenvalue weighted by Crippen LogP contribution is 2.27. The van der Waals surface area contributed by atoms with Crippen molar-refractivity contribution in [1.29, 1.82) is 0 Å². The van der Waals surface area contributed by atoms with Crippen LogP contribution in [-0.4, -0.2) is 6.17 Å². The minimum atomic E-state index is -1.02. The number of halogens is 2. The zero-order chi connectivity index (χ0) is 6.85. The number of rotatable bonds is 0. The van der Waals surface area contributed by atoms with Crippen LogP contribution < -0.4 is 0 Å². The lowest BCUT2D eigenvalue weighted by atomic mass is 9.98. The summed E-state index contributed by atoms with van der Waals surface area (Å²) in [6, 6.07) is 0. The van der Waals surface area contributed by atoms with E-state index >= 15 is 0 Å². The van der Waals surface area contributed by atoms with Gasteiger partial charge >= 0.3 is 0 Å². The van der Waals surface area contributed by atoms with E-state index in [1.807, 2.05) is 0 Å². The van der Waals surface area contributed by atoms with Gasteiger partial charge in [-0.2, -0.15) is 0 Å². The third-order valence-electron chi connectivity index (χ3n) is 1.75. The van der Waals surface area contributed by atoms with Crippen LogP contribution in [0.5, 0.6) is 0 Å². The minimum Gasteiger partial charge on any atom is -0.243 e. The van der Waals surface area contributed by atoms with Gasteiger partial charge in [0.05, 0.1) is 0 Å². The molecule has 1 rings (SSSR count). The second-order valence-corrected chi connectivity index (χ2v) is 2.45. The molecule has 0 radical (unpaired) electrons. The summed E-state index contributed by atoms with van der Waals surface area (Å²) in [6.07, 6.45) is 0.578. The molecular formula is C7H10F2. The molecule has 0 saturated carbocycles. The van der Waals surface area contributed by atoms with Crippen molar-refractivity contribution in [2.24, 2.45) is 0 Å². The fourth-order valence-electron chi connectivity index (χ4n) is 1.02. The average molecular weight is 132 g/mol. The van der Waals surface area contributed by atoms with Crippen molar-refractivity contribution in [2.75, 3.05) is 0 Å². The first-order valence-electron chi connectivity index (χ1n) is 3.21. The molecule has 0 aliphatic heterocycles. The largest absolute Gasteiger partial charge is 0.243 e. The van der Waals surface area contributed by atoms with Gasteiger partial charge in [0.2, 0.25) is 0 Å². The lowest BCUT2D eigenvalue weighted by Gasteiger charge is -2.14. The van der Waals surface area contributed by atoms with Crippen LogP contribution in [0.3, 0.4) is 0 Å². The maximum absolute atomic E-state index is 12.5. The van der Waals surface area contributed by atoms with Crippen LogP contribution in [0.25, 0.3) is 0 Å². The van der Waals surface area contributed by atoms with Crippen LogP contribution in [0.15, 0.2) is 11.4 Å². The molecule has 1 unspecified atom stereocenters. The predicted molar refractivity (Wildman–Crippen MR) is 32.6 cm³/mol. The smallest absolute Gasteiger partial charge is 0.124 e. The summed E-state index contributed by atoms with van der Waals surface area (Å²) < 4.78 is 25.0. The summed E-state index contributed by atoms with van der Waals surface area (Å²) in [7, 11) is 0. The van der Waals surface area contributed by atoms with Gasteiger partial charge in [0.15, 0.2) is 0 Å². The minimum absolute atomic E-state index is 0.242. The molecule has 1 aliphatic rings. The lowest BCUT2D eigenvalue weighted by molar-refractivity contribution is 0.319. The Balaban J connectivity index is 2.72. The fourth-order valence-corrected chi connectivity index (χ4v) is 1.02. The molecule has 0 aromatic heterocycles. The van der Waals surface area contributed by atoms with E-state index in [-0.39, 0.29) is 5.83 Å². The second kappa shape index (κ2) is 2.46. The molecule has 52 valence electrons. The first-order valence-corrected chi connectivity index (χ1v) is 3.21. The predicted octanol–water partition coefficient (Wildman–Crippen LogP) is 2.75. The Kier molecular flexibility index (Phi) is 1.84. The normalized spacial score (nSPS) is 29.0. The Bertz CT molecular complexity index is 138. The Labute approximate surface area is 53.6 Å². The lowest BCUT2D eigenvalue weighted by Crippen LogP contribution is -2.08. The van der Waals surface area contributed by atoms with Crippen molar-refractivity contribution in [3.63, 3.8) is 0 Å². The van der Waals surface area contributed by atoms with E-state index in [0.717, 1.165) is 0 Å². The van der Waals surface area contributed by atoms with Crippen LogP contribution in [0.4, 0.5) is 8.78 Å². The van der Waals surface area contributed by atoms with Gasteiger partial charge in [-0.3, -0.25) is 0 Å². The molecule has 0 amide bonds. The van der Waals surface area contributed by atoms with Crippen molar-refractivity contribution >= 4 is 0 Å². The topological polar surface area (TPSA) is 0 Å². The highest BCUT2D eigenvalue weighted by atomic mass is 19.1. The molecule has 0 aromatic rings. The van der Waals surface area contributed by atoms with Gasteiger partial charge in [0.25, 0.3) is 0 Å². The highest BCUT2D eigenvalue weighted by molar-refractivity contribution is 5.13. The molecule has 1 aliphatic carbocycles. The maximum Gasteiger partial charge on any atom is 0.124 e. The van der Waals surface area contributed by atoms with Crippen molar-refractivity contribution in [3.8, 4) is 0 Å². The Hall–Kier alpha value is -0.400. The maximum atomic E-state index is 12.5. The third kappa shape index (κ3) is 1.29. The van der Waals surface area contributed by atoms with Crippen LogP contribution in [-0.2, 0) is 0 Å². The van der Waals surface area contributed by atoms with E-state index in [9.17, 15) is 8.78 Å². The zero-order valence-electron chi connectivity index (χ0n) is 5.45. The van der Waals surface area contributed by atoms with Gasteiger partial charge in [-0.15, -0.1) is 0 Å². The summed E-state index contributed by atoms with van der Waals surface area (Å²) in [5.41, 5.74) is 0.307. The average Bonchev–Trinajstić information content (AvgIpc) is 1.83. The number of hydrogen-bond acceptors (Lipinski definition) is 0. The van der Waals surface area contributed by atoms with Crippen LogP contribution in [0.2, 0.25) is 0 Å². The molecule has 0 nitrogen and oxygen atoms in total. The van der Waals surface area contributed by atoms with Crippen molar-refractivity contribution < 1.29 is 8.78 Å². The summed E-state index contributed by atoms with van der Waals surface area (Å²) in [5.74, 6) is -0.242. The Morgan fingerprint density at radius 2 is 2.22 bits per heavy atom. The number of allylic oxidation sites excluding steroid dienone is 2. The number of hydrogen-bond donors (Lipinski definition) is 0. The quantitative estimate of drug-likeness (QED) is 0.475. The van der Waals surface area contributed by atoms with Gasteiger partial charge in [-0.1, -0.05) is 0 Å². The summed E-state index contributed by atoms with van der Waals surface area (Å²) in [6.45, 7) is 1.53. The van der Waals surface area contributed by atoms with Crippen molar-refractivity contribution in [3.05, 3.63) is 11.4 Å². The van der Waals surface area contributed by atoms with E-state index in [0.29, 0.717) is 24.8 Å². The molecule has 0 fully saturated rings. The van der Waals surface area contributed by atoms with Crippen molar-refractivity contribution in [1.82, 2.24) is 0 Å². The van der Waals surface area contributed by atoms with E-state index in [2.05, 4.69) is 0 Å². The van der Waals surface area contributed by atoms with Crippen LogP contribution >= 0.6 is 0 Å². The molecule has 0 heterocycles. The molecule has 0 N–H and O–H groups in total. The third-order valence-corrected chi connectivity index (χ3v) is 1.75. The van der Waals surface area contributed by atoms with E-state index in [1.165, 1.54) is 6.92 Å². The van der Waals surface area contributed by atoms with Crippen molar-refractivity contribution in [2.45, 2.75) is 32.4 Å².